The molecular weight excluding hydrogens is 339 g/mol. The van der Waals surface area contributed by atoms with Crippen LogP contribution in [0.15, 0.2) is 48.0 Å². The fourth-order valence-corrected chi connectivity index (χ4v) is 3.61. The molecule has 3 rings (SSSR count). The first-order valence-electron chi connectivity index (χ1n) is 8.41. The van der Waals surface area contributed by atoms with Crippen LogP contribution in [0.5, 0.6) is 0 Å². The van der Waals surface area contributed by atoms with Crippen molar-refractivity contribution in [1.29, 1.82) is 0 Å². The van der Waals surface area contributed by atoms with E-state index >= 15 is 0 Å². The van der Waals surface area contributed by atoms with E-state index in [4.69, 9.17) is 0 Å². The minimum Gasteiger partial charge on any atom is -0.323 e. The Hall–Kier alpha value is -2.56. The fourth-order valence-electron chi connectivity index (χ4n) is 3.61. The molecule has 1 aliphatic heterocycles. The second-order valence-electron chi connectivity index (χ2n) is 7.08. The molecule has 0 bridgehead atoms. The molecule has 26 heavy (non-hydrogen) atoms. The topological polar surface area (TPSA) is 20.3 Å². The SMILES string of the molecule is CC1=C(c2ccccc2F)C(=O)N(C(C)(C)c2ccc(F)c(F)c2)C1C. The molecule has 1 unspecified atom stereocenters. The van der Waals surface area contributed by atoms with Crippen LogP contribution in [0.25, 0.3) is 5.57 Å². The van der Waals surface area contributed by atoms with Crippen molar-refractivity contribution in [3.05, 3.63) is 76.6 Å². The maximum Gasteiger partial charge on any atom is 0.255 e. The van der Waals surface area contributed by atoms with Crippen LogP contribution >= 0.6 is 0 Å². The Balaban J connectivity index is 2.06. The van der Waals surface area contributed by atoms with Crippen molar-refractivity contribution in [2.75, 3.05) is 0 Å². The fraction of sp³-hybridized carbons (Fsp3) is 0.286. The second-order valence-corrected chi connectivity index (χ2v) is 7.08. The number of hydrogen-bond acceptors (Lipinski definition) is 1. The summed E-state index contributed by atoms with van der Waals surface area (Å²) in [6, 6.07) is 9.46. The Bertz CT molecular complexity index is 917. The van der Waals surface area contributed by atoms with Crippen molar-refractivity contribution >= 4 is 11.5 Å². The van der Waals surface area contributed by atoms with Gasteiger partial charge in [0.1, 0.15) is 5.82 Å². The molecule has 0 fully saturated rings. The van der Waals surface area contributed by atoms with Crippen molar-refractivity contribution in [2.24, 2.45) is 0 Å². The van der Waals surface area contributed by atoms with Gasteiger partial charge in [0, 0.05) is 5.56 Å². The summed E-state index contributed by atoms with van der Waals surface area (Å²) in [5.41, 5.74) is 0.894. The number of amides is 1. The van der Waals surface area contributed by atoms with Crippen LogP contribution in [-0.2, 0) is 10.3 Å². The number of hydrogen-bond donors (Lipinski definition) is 0. The standard InChI is InChI=1S/C21H20F3NO/c1-12-13(2)25(20(26)19(12)15-7-5-6-8-16(15)22)21(3,4)14-9-10-17(23)18(24)11-14/h5-11,13H,1-4H3. The third-order valence-electron chi connectivity index (χ3n) is 5.21. The summed E-state index contributed by atoms with van der Waals surface area (Å²) in [5, 5.41) is 0. The first-order chi connectivity index (χ1) is 12.2. The van der Waals surface area contributed by atoms with Gasteiger partial charge in [0.05, 0.1) is 17.2 Å². The van der Waals surface area contributed by atoms with Gasteiger partial charge >= 0.3 is 0 Å². The number of carbonyl (C=O) groups excluding carboxylic acids is 1. The monoisotopic (exact) mass is 359 g/mol. The third kappa shape index (κ3) is 2.71. The van der Waals surface area contributed by atoms with Crippen molar-refractivity contribution in [3.8, 4) is 0 Å². The molecule has 2 aromatic rings. The Morgan fingerprint density at radius 1 is 0.962 bits per heavy atom. The normalized spacial score (nSPS) is 18.0. The quantitative estimate of drug-likeness (QED) is 0.751. The Kier molecular flexibility index (Phi) is 4.42. The summed E-state index contributed by atoms with van der Waals surface area (Å²) in [4.78, 5) is 14.8. The van der Waals surface area contributed by atoms with E-state index in [1.54, 1.807) is 43.9 Å². The molecule has 1 atom stereocenters. The Morgan fingerprint density at radius 2 is 1.62 bits per heavy atom. The smallest absolute Gasteiger partial charge is 0.255 e. The molecule has 0 aliphatic carbocycles. The number of halogens is 3. The van der Waals surface area contributed by atoms with E-state index in [0.29, 0.717) is 11.1 Å². The van der Waals surface area contributed by atoms with Crippen LogP contribution in [0.1, 0.15) is 38.8 Å². The highest BCUT2D eigenvalue weighted by molar-refractivity contribution is 6.23. The van der Waals surface area contributed by atoms with Crippen molar-refractivity contribution < 1.29 is 18.0 Å². The molecule has 136 valence electrons. The van der Waals surface area contributed by atoms with Crippen molar-refractivity contribution in [2.45, 2.75) is 39.3 Å². The van der Waals surface area contributed by atoms with Crippen LogP contribution in [0, 0.1) is 17.5 Å². The summed E-state index contributed by atoms with van der Waals surface area (Å²) < 4.78 is 41.3. The zero-order valence-corrected chi connectivity index (χ0v) is 15.1. The van der Waals surface area contributed by atoms with Gasteiger partial charge in [0.2, 0.25) is 0 Å². The van der Waals surface area contributed by atoms with Crippen LogP contribution in [0.2, 0.25) is 0 Å². The predicted molar refractivity (Wildman–Crippen MR) is 94.7 cm³/mol. The molecule has 5 heteroatoms. The second kappa shape index (κ2) is 6.31. The highest BCUT2D eigenvalue weighted by Gasteiger charge is 2.44. The molecule has 0 N–H and O–H groups in total. The number of rotatable bonds is 3. The maximum absolute atomic E-state index is 14.3. The predicted octanol–water partition coefficient (Wildman–Crippen LogP) is 5.04. The summed E-state index contributed by atoms with van der Waals surface area (Å²) in [6.07, 6.45) is 0. The molecular formula is C21H20F3NO. The molecule has 0 aromatic heterocycles. The van der Waals surface area contributed by atoms with Gasteiger partial charge in [0.15, 0.2) is 11.6 Å². The van der Waals surface area contributed by atoms with Crippen LogP contribution in [0.4, 0.5) is 13.2 Å². The average molecular weight is 359 g/mol. The van der Waals surface area contributed by atoms with E-state index in [-0.39, 0.29) is 17.5 Å². The van der Waals surface area contributed by atoms with Crippen molar-refractivity contribution in [1.82, 2.24) is 4.90 Å². The lowest BCUT2D eigenvalue weighted by atomic mass is 9.90. The molecule has 1 heterocycles. The van der Waals surface area contributed by atoms with Crippen LogP contribution < -0.4 is 0 Å². The maximum atomic E-state index is 14.3. The van der Waals surface area contributed by atoms with Crippen LogP contribution in [0.3, 0.4) is 0 Å². The van der Waals surface area contributed by atoms with Gasteiger partial charge in [0.25, 0.3) is 5.91 Å². The molecule has 0 saturated heterocycles. The zero-order valence-electron chi connectivity index (χ0n) is 15.1. The Morgan fingerprint density at radius 3 is 2.23 bits per heavy atom. The molecule has 0 spiro atoms. The van der Waals surface area contributed by atoms with E-state index in [1.807, 2.05) is 6.92 Å². The van der Waals surface area contributed by atoms with E-state index in [9.17, 15) is 18.0 Å². The van der Waals surface area contributed by atoms with E-state index in [0.717, 1.165) is 17.7 Å². The molecule has 2 aromatic carbocycles. The zero-order chi connectivity index (χ0) is 19.2. The van der Waals surface area contributed by atoms with Gasteiger partial charge in [-0.1, -0.05) is 24.3 Å². The van der Waals surface area contributed by atoms with Gasteiger partial charge in [-0.3, -0.25) is 4.79 Å². The van der Waals surface area contributed by atoms with Gasteiger partial charge in [-0.2, -0.15) is 0 Å². The van der Waals surface area contributed by atoms with Gasteiger partial charge < -0.3 is 4.90 Å². The minimum absolute atomic E-state index is 0.255. The van der Waals surface area contributed by atoms with E-state index in [2.05, 4.69) is 0 Å². The highest BCUT2D eigenvalue weighted by Crippen LogP contribution is 2.41. The lowest BCUT2D eigenvalue weighted by molar-refractivity contribution is -0.130. The number of benzene rings is 2. The van der Waals surface area contributed by atoms with Gasteiger partial charge in [-0.15, -0.1) is 0 Å². The van der Waals surface area contributed by atoms with Gasteiger partial charge in [-0.05, 0) is 57.0 Å². The third-order valence-corrected chi connectivity index (χ3v) is 5.21. The largest absolute Gasteiger partial charge is 0.323 e. The summed E-state index contributed by atoms with van der Waals surface area (Å²) in [5.74, 6) is -2.69. The molecule has 1 aliphatic rings. The molecule has 2 nitrogen and oxygen atoms in total. The summed E-state index contributed by atoms with van der Waals surface area (Å²) in [6.45, 7) is 7.19. The summed E-state index contributed by atoms with van der Waals surface area (Å²) >= 11 is 0. The first-order valence-corrected chi connectivity index (χ1v) is 8.41. The highest BCUT2D eigenvalue weighted by atomic mass is 19.2. The van der Waals surface area contributed by atoms with E-state index < -0.39 is 23.0 Å². The van der Waals surface area contributed by atoms with Crippen molar-refractivity contribution in [3.63, 3.8) is 0 Å². The first kappa shape index (κ1) is 18.2. The molecule has 0 saturated carbocycles. The number of carbonyl (C=O) groups is 1. The average Bonchev–Trinajstić information content (AvgIpc) is 2.80. The lowest BCUT2D eigenvalue weighted by Crippen LogP contribution is -2.47. The molecule has 0 radical (unpaired) electrons. The summed E-state index contributed by atoms with van der Waals surface area (Å²) in [7, 11) is 0. The minimum atomic E-state index is -0.964. The lowest BCUT2D eigenvalue weighted by Gasteiger charge is -2.40. The van der Waals surface area contributed by atoms with Crippen LogP contribution in [-0.4, -0.2) is 16.8 Å². The Labute approximate surface area is 150 Å². The number of nitrogens with zero attached hydrogens (tertiary/aromatic N) is 1. The van der Waals surface area contributed by atoms with E-state index in [1.165, 1.54) is 12.1 Å². The van der Waals surface area contributed by atoms with Gasteiger partial charge in [-0.25, -0.2) is 13.2 Å². The molecule has 1 amide bonds.